The summed E-state index contributed by atoms with van der Waals surface area (Å²) in [6, 6.07) is 10.7. The van der Waals surface area contributed by atoms with Crippen molar-refractivity contribution in [3.05, 3.63) is 95.8 Å². The molecule has 0 amide bonds. The number of hydrogen-bond acceptors (Lipinski definition) is 7. The van der Waals surface area contributed by atoms with Gasteiger partial charge in [0.05, 0.1) is 22.9 Å². The van der Waals surface area contributed by atoms with E-state index in [0.717, 1.165) is 16.2 Å². The summed E-state index contributed by atoms with van der Waals surface area (Å²) in [6.07, 6.45) is 3.34. The zero-order valence-electron chi connectivity index (χ0n) is 17.0. The van der Waals surface area contributed by atoms with Crippen LogP contribution in [0.1, 0.15) is 23.4 Å². The van der Waals surface area contributed by atoms with Crippen molar-refractivity contribution in [1.29, 1.82) is 0 Å². The van der Waals surface area contributed by atoms with E-state index in [4.69, 9.17) is 9.47 Å². The summed E-state index contributed by atoms with van der Waals surface area (Å²) < 4.78 is 12.6. The third kappa shape index (κ3) is 4.04. The Balaban J connectivity index is 1.87. The standard InChI is InChI=1S/C23H20N2O4S2/c1-4-11-29-22(27)19-14(2)24-23-25(20(19)17-6-5-12-30-17)21(26)18(31-23)13-15-7-9-16(28-3)10-8-15/h4-10,12-13,20H,1,11H2,2-3H3. The minimum Gasteiger partial charge on any atom is -0.497 e. The van der Waals surface area contributed by atoms with Crippen molar-refractivity contribution in [2.45, 2.75) is 13.0 Å². The number of esters is 1. The van der Waals surface area contributed by atoms with Crippen molar-refractivity contribution < 1.29 is 14.3 Å². The molecule has 3 heterocycles. The maximum absolute atomic E-state index is 13.4. The Kier molecular flexibility index (Phi) is 6.01. The van der Waals surface area contributed by atoms with E-state index in [-0.39, 0.29) is 12.2 Å². The number of thiazole rings is 1. The number of aromatic nitrogens is 1. The molecule has 0 bridgehead atoms. The summed E-state index contributed by atoms with van der Waals surface area (Å²) >= 11 is 2.79. The fourth-order valence-electron chi connectivity index (χ4n) is 3.36. The first kappa shape index (κ1) is 21.0. The predicted molar refractivity (Wildman–Crippen MR) is 122 cm³/mol. The Morgan fingerprint density at radius 1 is 1.29 bits per heavy atom. The zero-order chi connectivity index (χ0) is 22.0. The molecule has 31 heavy (non-hydrogen) atoms. The van der Waals surface area contributed by atoms with Crippen LogP contribution in [-0.4, -0.2) is 24.3 Å². The Bertz CT molecular complexity index is 1330. The fourth-order valence-corrected chi connectivity index (χ4v) is 5.23. The molecular weight excluding hydrogens is 432 g/mol. The van der Waals surface area contributed by atoms with Gasteiger partial charge in [0, 0.05) is 4.88 Å². The van der Waals surface area contributed by atoms with Gasteiger partial charge in [-0.25, -0.2) is 9.79 Å². The average molecular weight is 453 g/mol. The van der Waals surface area contributed by atoms with E-state index in [1.54, 1.807) is 18.6 Å². The lowest BCUT2D eigenvalue weighted by Gasteiger charge is -2.23. The molecule has 0 fully saturated rings. The minimum atomic E-state index is -0.577. The van der Waals surface area contributed by atoms with Gasteiger partial charge in [0.2, 0.25) is 0 Å². The number of benzene rings is 1. The van der Waals surface area contributed by atoms with Crippen LogP contribution in [0.3, 0.4) is 0 Å². The predicted octanol–water partition coefficient (Wildman–Crippen LogP) is 3.03. The van der Waals surface area contributed by atoms with Crippen LogP contribution in [0.2, 0.25) is 0 Å². The van der Waals surface area contributed by atoms with Gasteiger partial charge in [-0.3, -0.25) is 9.36 Å². The SMILES string of the molecule is C=CCOC(=O)C1=C(C)N=c2sc(=Cc3ccc(OC)cc3)c(=O)n2C1c1cccs1. The summed E-state index contributed by atoms with van der Waals surface area (Å²) in [5, 5.41) is 1.92. The largest absolute Gasteiger partial charge is 0.497 e. The highest BCUT2D eigenvalue weighted by molar-refractivity contribution is 7.10. The number of carbonyl (C=O) groups is 1. The Labute approximate surface area is 186 Å². The van der Waals surface area contributed by atoms with Crippen LogP contribution in [0.15, 0.2) is 75.5 Å². The maximum atomic E-state index is 13.4. The number of hydrogen-bond donors (Lipinski definition) is 0. The highest BCUT2D eigenvalue weighted by atomic mass is 32.1. The number of fused-ring (bicyclic) bond motifs is 1. The molecule has 1 atom stereocenters. The molecule has 0 aliphatic carbocycles. The number of rotatable bonds is 6. The fraction of sp³-hybridized carbons (Fsp3) is 0.174. The van der Waals surface area contributed by atoms with Crippen molar-refractivity contribution in [2.75, 3.05) is 13.7 Å². The second-order valence-corrected chi connectivity index (χ2v) is 8.75. The third-order valence-corrected chi connectivity index (χ3v) is 6.71. The van der Waals surface area contributed by atoms with Gasteiger partial charge in [-0.15, -0.1) is 11.3 Å². The van der Waals surface area contributed by atoms with E-state index in [2.05, 4.69) is 11.6 Å². The van der Waals surface area contributed by atoms with Gasteiger partial charge < -0.3 is 9.47 Å². The molecule has 8 heteroatoms. The van der Waals surface area contributed by atoms with Crippen LogP contribution in [0.5, 0.6) is 5.75 Å². The van der Waals surface area contributed by atoms with Gasteiger partial charge in [0.25, 0.3) is 5.56 Å². The summed E-state index contributed by atoms with van der Waals surface area (Å²) in [6.45, 7) is 5.45. The molecule has 4 rings (SSSR count). The quantitative estimate of drug-likeness (QED) is 0.426. The molecule has 0 spiro atoms. The second kappa shape index (κ2) is 8.87. The van der Waals surface area contributed by atoms with Crippen molar-refractivity contribution in [3.63, 3.8) is 0 Å². The highest BCUT2D eigenvalue weighted by Gasteiger charge is 2.33. The van der Waals surface area contributed by atoms with Gasteiger partial charge >= 0.3 is 5.97 Å². The molecule has 0 N–H and O–H groups in total. The lowest BCUT2D eigenvalue weighted by atomic mass is 10.0. The Hall–Kier alpha value is -3.23. The van der Waals surface area contributed by atoms with Crippen molar-refractivity contribution >= 4 is 34.7 Å². The van der Waals surface area contributed by atoms with Crippen LogP contribution < -0.4 is 19.6 Å². The van der Waals surface area contributed by atoms with Crippen LogP contribution in [0, 0.1) is 0 Å². The van der Waals surface area contributed by atoms with Gasteiger partial charge in [0.1, 0.15) is 18.4 Å². The van der Waals surface area contributed by atoms with Gasteiger partial charge in [-0.1, -0.05) is 42.2 Å². The molecular formula is C23H20N2O4S2. The van der Waals surface area contributed by atoms with E-state index < -0.39 is 12.0 Å². The summed E-state index contributed by atoms with van der Waals surface area (Å²) in [4.78, 5) is 32.2. The summed E-state index contributed by atoms with van der Waals surface area (Å²) in [7, 11) is 1.61. The topological polar surface area (TPSA) is 69.9 Å². The first-order chi connectivity index (χ1) is 15.0. The van der Waals surface area contributed by atoms with Gasteiger partial charge in [-0.05, 0) is 42.1 Å². The molecule has 1 unspecified atom stereocenters. The van der Waals surface area contributed by atoms with E-state index in [1.165, 1.54) is 28.7 Å². The van der Waals surface area contributed by atoms with Crippen molar-refractivity contribution in [2.24, 2.45) is 4.99 Å². The Morgan fingerprint density at radius 3 is 2.71 bits per heavy atom. The van der Waals surface area contributed by atoms with Crippen LogP contribution in [0.25, 0.3) is 6.08 Å². The number of thiophene rings is 1. The number of methoxy groups -OCH3 is 1. The monoisotopic (exact) mass is 452 g/mol. The molecule has 1 aliphatic heterocycles. The zero-order valence-corrected chi connectivity index (χ0v) is 18.7. The first-order valence-corrected chi connectivity index (χ1v) is 11.2. The normalized spacial score (nSPS) is 15.9. The van der Waals surface area contributed by atoms with Crippen molar-refractivity contribution in [3.8, 4) is 5.75 Å². The van der Waals surface area contributed by atoms with E-state index in [1.807, 2.05) is 47.9 Å². The van der Waals surface area contributed by atoms with Crippen LogP contribution in [-0.2, 0) is 9.53 Å². The molecule has 158 valence electrons. The number of allylic oxidation sites excluding steroid dienone is 1. The Morgan fingerprint density at radius 2 is 2.06 bits per heavy atom. The maximum Gasteiger partial charge on any atom is 0.338 e. The number of carbonyl (C=O) groups excluding carboxylic acids is 1. The molecule has 0 saturated carbocycles. The summed E-state index contributed by atoms with van der Waals surface area (Å²) in [5.74, 6) is 0.249. The molecule has 2 aromatic heterocycles. The minimum absolute atomic E-state index is 0.0919. The third-order valence-electron chi connectivity index (χ3n) is 4.80. The number of ether oxygens (including phenoxy) is 2. The lowest BCUT2D eigenvalue weighted by molar-refractivity contribution is -0.138. The molecule has 3 aromatic rings. The lowest BCUT2D eigenvalue weighted by Crippen LogP contribution is -2.39. The van der Waals surface area contributed by atoms with Crippen molar-refractivity contribution in [1.82, 2.24) is 4.57 Å². The van der Waals surface area contributed by atoms with Gasteiger partial charge in [0.15, 0.2) is 4.80 Å². The highest BCUT2D eigenvalue weighted by Crippen LogP contribution is 2.33. The summed E-state index contributed by atoms with van der Waals surface area (Å²) in [5.41, 5.74) is 1.59. The molecule has 0 saturated heterocycles. The first-order valence-electron chi connectivity index (χ1n) is 9.51. The molecule has 6 nitrogen and oxygen atoms in total. The molecule has 1 aromatic carbocycles. The smallest absolute Gasteiger partial charge is 0.338 e. The van der Waals surface area contributed by atoms with Gasteiger partial charge in [-0.2, -0.15) is 0 Å². The molecule has 0 radical (unpaired) electrons. The molecule has 1 aliphatic rings. The van der Waals surface area contributed by atoms with E-state index in [9.17, 15) is 9.59 Å². The number of nitrogens with zero attached hydrogens (tertiary/aromatic N) is 2. The van der Waals surface area contributed by atoms with E-state index in [0.29, 0.717) is 20.6 Å². The average Bonchev–Trinajstić information content (AvgIpc) is 3.40. The van der Waals surface area contributed by atoms with E-state index >= 15 is 0 Å². The van der Waals surface area contributed by atoms with Crippen LogP contribution >= 0.6 is 22.7 Å². The second-order valence-electron chi connectivity index (χ2n) is 6.76. The van der Waals surface area contributed by atoms with Crippen LogP contribution in [0.4, 0.5) is 0 Å².